The Bertz CT molecular complexity index is 1940. The second-order valence-corrected chi connectivity index (χ2v) is 11.4. The minimum absolute atomic E-state index is 0.127. The van der Waals surface area contributed by atoms with Crippen LogP contribution in [0.1, 0.15) is 25.8 Å². The van der Waals surface area contributed by atoms with Gasteiger partial charge in [-0.3, -0.25) is 9.48 Å². The molecule has 6 heterocycles. The summed E-state index contributed by atoms with van der Waals surface area (Å²) < 4.78 is 72.7. The van der Waals surface area contributed by atoms with Gasteiger partial charge in [0, 0.05) is 71.4 Å². The average molecular weight is 721 g/mol. The molecule has 0 bridgehead atoms. The molecule has 0 saturated carbocycles. The number of halogens is 7. The number of amides is 1. The van der Waals surface area contributed by atoms with Gasteiger partial charge in [0.25, 0.3) is 0 Å². The number of nitrogens with two attached hydrogens (primary N) is 1. The van der Waals surface area contributed by atoms with Crippen molar-refractivity contribution < 1.29 is 55.4 Å². The van der Waals surface area contributed by atoms with Gasteiger partial charge < -0.3 is 25.3 Å². The lowest BCUT2D eigenvalue weighted by atomic mass is 10.0. The van der Waals surface area contributed by atoms with E-state index in [1.54, 1.807) is 30.7 Å². The van der Waals surface area contributed by atoms with Gasteiger partial charge in [-0.15, -0.1) is 11.3 Å². The van der Waals surface area contributed by atoms with Gasteiger partial charge in [-0.2, -0.15) is 31.4 Å². The fourth-order valence-electron chi connectivity index (χ4n) is 4.63. The first-order valence-electron chi connectivity index (χ1n) is 13.5. The zero-order chi connectivity index (χ0) is 35.6. The topological polar surface area (TPSA) is 178 Å². The summed E-state index contributed by atoms with van der Waals surface area (Å²) in [4.78, 5) is 39.9. The highest BCUT2D eigenvalue weighted by atomic mass is 35.5. The predicted molar refractivity (Wildman–Crippen MR) is 161 cm³/mol. The average Bonchev–Trinajstić information content (AvgIpc) is 3.76. The molecule has 0 aromatic carbocycles. The number of rotatable bonds is 3. The summed E-state index contributed by atoms with van der Waals surface area (Å²) in [5.74, 6) is -4.34. The molecular weight excluding hydrogens is 698 g/mol. The number of hydrogen-bond acceptors (Lipinski definition) is 9. The lowest BCUT2D eigenvalue weighted by Crippen LogP contribution is -2.37. The van der Waals surface area contributed by atoms with Crippen LogP contribution in [0.3, 0.4) is 0 Å². The van der Waals surface area contributed by atoms with Gasteiger partial charge in [0.2, 0.25) is 5.91 Å². The number of pyridine rings is 2. The van der Waals surface area contributed by atoms with Crippen molar-refractivity contribution in [3.63, 3.8) is 0 Å². The van der Waals surface area contributed by atoms with Gasteiger partial charge in [0.15, 0.2) is 11.4 Å². The number of carboxylic acids is 2. The molecule has 6 rings (SSSR count). The molecule has 48 heavy (non-hydrogen) atoms. The van der Waals surface area contributed by atoms with Gasteiger partial charge in [0.1, 0.15) is 10.9 Å². The Balaban J connectivity index is 0.000000314. The van der Waals surface area contributed by atoms with Crippen LogP contribution in [0.2, 0.25) is 5.15 Å². The largest absolute Gasteiger partial charge is 0.490 e. The molecule has 0 atom stereocenters. The van der Waals surface area contributed by atoms with E-state index in [9.17, 15) is 31.1 Å². The molecule has 0 unspecified atom stereocenters. The van der Waals surface area contributed by atoms with Crippen LogP contribution in [0.4, 0.5) is 32.2 Å². The quantitative estimate of drug-likeness (QED) is 0.135. The normalized spacial score (nSPS) is 13.9. The molecule has 12 nitrogen and oxygen atoms in total. The number of fused-ring (bicyclic) bond motifs is 2. The second-order valence-electron chi connectivity index (χ2n) is 10.1. The number of hydrogen-bond donors (Lipinski definition) is 3. The number of thiophene rings is 1. The fourth-order valence-corrected chi connectivity index (χ4v) is 5.68. The van der Waals surface area contributed by atoms with Crippen molar-refractivity contribution in [1.29, 1.82) is 0 Å². The standard InChI is InChI=1S/C24H21ClN6O2S.2C2HF3O2/c1-13(32)30-4-2-15(3-5-30)31-11-14(8-29-31)18-9-28-24(26)23-17(18)6-20(33-23)19-12-34-21-10-27-22(25)7-16(19)21;2*3-2(4,5)1(6)7/h6-12,15H,2-5H2,1H3,(H2,26,28);2*(H,6,7). The SMILES string of the molecule is CC(=O)N1CCC(n2cc(-c3cnc(N)c4oc(-c5csc6cnc(Cl)cc56)cc34)cn2)CC1.O=C(O)C(F)(F)F.O=C(O)C(F)(F)F. The van der Waals surface area contributed by atoms with Crippen LogP contribution in [0.15, 0.2) is 46.7 Å². The number of carbonyl (C=O) groups is 3. The summed E-state index contributed by atoms with van der Waals surface area (Å²) >= 11 is 7.73. The highest BCUT2D eigenvalue weighted by Crippen LogP contribution is 2.41. The Morgan fingerprint density at radius 2 is 1.56 bits per heavy atom. The van der Waals surface area contributed by atoms with E-state index >= 15 is 0 Å². The molecule has 4 N–H and O–H groups in total. The Hall–Kier alpha value is -4.91. The number of aliphatic carboxylic acids is 2. The minimum Gasteiger partial charge on any atom is -0.475 e. The summed E-state index contributed by atoms with van der Waals surface area (Å²) in [6, 6.07) is 4.11. The maximum Gasteiger partial charge on any atom is 0.490 e. The van der Waals surface area contributed by atoms with Crippen molar-refractivity contribution in [2.24, 2.45) is 0 Å². The minimum atomic E-state index is -5.08. The molecule has 1 fully saturated rings. The molecule has 0 radical (unpaired) electrons. The molecule has 5 aromatic rings. The molecule has 0 spiro atoms. The number of aromatic nitrogens is 4. The van der Waals surface area contributed by atoms with Crippen molar-refractivity contribution >= 4 is 67.7 Å². The number of carboxylic acid groups (broad SMARTS) is 2. The van der Waals surface area contributed by atoms with Crippen molar-refractivity contribution in [2.45, 2.75) is 38.2 Å². The number of anilines is 1. The molecule has 1 saturated heterocycles. The zero-order valence-corrected chi connectivity index (χ0v) is 25.9. The maximum absolute atomic E-state index is 11.6. The molecule has 20 heteroatoms. The summed E-state index contributed by atoms with van der Waals surface area (Å²) in [5.41, 5.74) is 9.53. The molecule has 1 aliphatic rings. The summed E-state index contributed by atoms with van der Waals surface area (Å²) in [6.45, 7) is 3.12. The monoisotopic (exact) mass is 720 g/mol. The first kappa shape index (κ1) is 35.9. The van der Waals surface area contributed by atoms with Crippen molar-refractivity contribution in [2.75, 3.05) is 18.8 Å². The van der Waals surface area contributed by atoms with Crippen LogP contribution in [0.25, 0.3) is 43.5 Å². The van der Waals surface area contributed by atoms with Crippen molar-refractivity contribution in [3.05, 3.63) is 47.5 Å². The van der Waals surface area contributed by atoms with Gasteiger partial charge in [-0.05, 0) is 25.0 Å². The zero-order valence-electron chi connectivity index (χ0n) is 24.3. The Labute approximate surface area is 274 Å². The third-order valence-corrected chi connectivity index (χ3v) is 8.10. The number of furan rings is 1. The van der Waals surface area contributed by atoms with E-state index in [0.29, 0.717) is 22.3 Å². The van der Waals surface area contributed by atoms with Crippen LogP contribution in [0.5, 0.6) is 0 Å². The van der Waals surface area contributed by atoms with Crippen molar-refractivity contribution in [3.8, 4) is 22.5 Å². The lowest BCUT2D eigenvalue weighted by Gasteiger charge is -2.31. The smallest absolute Gasteiger partial charge is 0.475 e. The number of piperidine rings is 1. The molecule has 256 valence electrons. The Morgan fingerprint density at radius 1 is 0.958 bits per heavy atom. The first-order chi connectivity index (χ1) is 22.4. The number of likely N-dealkylation sites (tertiary alicyclic amines) is 1. The summed E-state index contributed by atoms with van der Waals surface area (Å²) in [6.07, 6.45) is -0.974. The molecule has 5 aromatic heterocycles. The van der Waals surface area contributed by atoms with Crippen LogP contribution >= 0.6 is 22.9 Å². The third kappa shape index (κ3) is 8.32. The van der Waals surface area contributed by atoms with E-state index in [-0.39, 0.29) is 11.9 Å². The van der Waals surface area contributed by atoms with Gasteiger partial charge in [0.05, 0.1) is 16.9 Å². The van der Waals surface area contributed by atoms with E-state index in [0.717, 1.165) is 58.1 Å². The summed E-state index contributed by atoms with van der Waals surface area (Å²) in [7, 11) is 0. The third-order valence-electron chi connectivity index (χ3n) is 6.96. The fraction of sp³-hybridized carbons (Fsp3) is 0.286. The van der Waals surface area contributed by atoms with Gasteiger partial charge >= 0.3 is 24.3 Å². The first-order valence-corrected chi connectivity index (χ1v) is 14.7. The summed E-state index contributed by atoms with van der Waals surface area (Å²) in [5, 5.41) is 23.2. The number of alkyl halides is 6. The molecular formula is C28H23ClF6N6O6S. The van der Waals surface area contributed by atoms with Crippen LogP contribution < -0.4 is 5.73 Å². The van der Waals surface area contributed by atoms with E-state index in [4.69, 9.17) is 41.6 Å². The van der Waals surface area contributed by atoms with Crippen molar-refractivity contribution in [1.82, 2.24) is 24.6 Å². The van der Waals surface area contributed by atoms with Crippen LogP contribution in [-0.4, -0.2) is 78.1 Å². The Kier molecular flexibility index (Phi) is 10.5. The van der Waals surface area contributed by atoms with Crippen LogP contribution in [0, 0.1) is 0 Å². The number of nitrogen functional groups attached to an aromatic ring is 1. The second kappa shape index (κ2) is 14.1. The number of nitrogens with zero attached hydrogens (tertiary/aromatic N) is 5. The lowest BCUT2D eigenvalue weighted by molar-refractivity contribution is -0.193. The van der Waals surface area contributed by atoms with E-state index in [1.165, 1.54) is 0 Å². The van der Waals surface area contributed by atoms with E-state index < -0.39 is 24.3 Å². The van der Waals surface area contributed by atoms with Gasteiger partial charge in [-0.25, -0.2) is 19.6 Å². The highest BCUT2D eigenvalue weighted by Gasteiger charge is 2.39. The van der Waals surface area contributed by atoms with E-state index in [1.807, 2.05) is 39.5 Å². The molecule has 1 aliphatic heterocycles. The Morgan fingerprint density at radius 3 is 2.12 bits per heavy atom. The number of carbonyl (C=O) groups excluding carboxylic acids is 1. The predicted octanol–water partition coefficient (Wildman–Crippen LogP) is 6.65. The molecule has 1 amide bonds. The highest BCUT2D eigenvalue weighted by molar-refractivity contribution is 7.17. The van der Waals surface area contributed by atoms with Crippen LogP contribution in [-0.2, 0) is 14.4 Å². The van der Waals surface area contributed by atoms with Gasteiger partial charge in [-0.1, -0.05) is 11.6 Å². The maximum atomic E-state index is 11.6. The molecule has 0 aliphatic carbocycles. The van der Waals surface area contributed by atoms with E-state index in [2.05, 4.69) is 15.1 Å².